The molecule has 3 heterocycles. The summed E-state index contributed by atoms with van der Waals surface area (Å²) in [5, 5.41) is 0. The van der Waals surface area contributed by atoms with Crippen molar-refractivity contribution in [2.45, 2.75) is 96.0 Å². The van der Waals surface area contributed by atoms with Crippen LogP contribution in [0.25, 0.3) is 0 Å². The second kappa shape index (κ2) is 16.4. The third-order valence-corrected chi connectivity index (χ3v) is 8.19. The number of hydrogen-bond acceptors (Lipinski definition) is 17. The van der Waals surface area contributed by atoms with Gasteiger partial charge in [0, 0.05) is 27.7 Å². The second-order valence-electron chi connectivity index (χ2n) is 11.5. The number of carbonyl (C=O) groups excluding carboxylic acids is 6. The van der Waals surface area contributed by atoms with Crippen LogP contribution >= 0.6 is 0 Å². The first kappa shape index (κ1) is 39.5. The van der Waals surface area contributed by atoms with E-state index in [1.165, 1.54) is 37.3 Å². The van der Waals surface area contributed by atoms with Gasteiger partial charge in [0.15, 0.2) is 30.9 Å². The van der Waals surface area contributed by atoms with Crippen molar-refractivity contribution in [2.24, 2.45) is 0 Å². The van der Waals surface area contributed by atoms with E-state index in [2.05, 4.69) is 6.58 Å². The predicted octanol–water partition coefficient (Wildman–Crippen LogP) is 0.255. The van der Waals surface area contributed by atoms with Crippen LogP contribution in [0.15, 0.2) is 36.9 Å². The van der Waals surface area contributed by atoms with Crippen molar-refractivity contribution < 1.29 is 83.8 Å². The zero-order chi connectivity index (χ0) is 37.8. The van der Waals surface area contributed by atoms with Crippen molar-refractivity contribution in [1.82, 2.24) is 4.90 Å². The van der Waals surface area contributed by atoms with E-state index in [1.807, 2.05) is 0 Å². The third kappa shape index (κ3) is 9.33. The van der Waals surface area contributed by atoms with Crippen LogP contribution in [0.1, 0.15) is 55.3 Å². The number of fused-ring (bicyclic) bond motifs is 1. The SMILES string of the molecule is C=CCO[C@H]1O[C@@H](C)[C@@H](OC(C)=O)[C@@H](O[C@@H]2O[C@H](COC(C)=O)[C@@H](OC(C)=O)[C@H](OS(=O)(=O)O)[C@H]2N2C(=O)c3ccccc3C2=O)[C@@H]1OC(C)=O. The molecule has 280 valence electrons. The van der Waals surface area contributed by atoms with Crippen LogP contribution < -0.4 is 0 Å². The summed E-state index contributed by atoms with van der Waals surface area (Å²) >= 11 is 0. The zero-order valence-electron chi connectivity index (χ0n) is 28.0. The average Bonchev–Trinajstić information content (AvgIpc) is 3.27. The normalized spacial score (nSPS) is 30.6. The Kier molecular flexibility index (Phi) is 12.7. The molecule has 0 unspecified atom stereocenters. The molecular weight excluding hydrogens is 706 g/mol. The van der Waals surface area contributed by atoms with Crippen molar-refractivity contribution in [1.29, 1.82) is 0 Å². The fourth-order valence-corrected chi connectivity index (χ4v) is 6.43. The van der Waals surface area contributed by atoms with Gasteiger partial charge in [-0.1, -0.05) is 18.2 Å². The number of rotatable bonds is 13. The number of hydrogen-bond donors (Lipinski definition) is 1. The number of amides is 2. The van der Waals surface area contributed by atoms with Gasteiger partial charge in [-0.25, -0.2) is 4.18 Å². The first-order valence-corrected chi connectivity index (χ1v) is 16.8. The van der Waals surface area contributed by atoms with E-state index >= 15 is 0 Å². The average molecular weight is 744 g/mol. The van der Waals surface area contributed by atoms with Crippen LogP contribution in [0.3, 0.4) is 0 Å². The number of benzene rings is 1. The van der Waals surface area contributed by atoms with Gasteiger partial charge < -0.3 is 37.9 Å². The Morgan fingerprint density at radius 1 is 0.824 bits per heavy atom. The van der Waals surface area contributed by atoms with Crippen molar-refractivity contribution in [2.75, 3.05) is 13.2 Å². The summed E-state index contributed by atoms with van der Waals surface area (Å²) in [6.07, 6.45) is -13.6. The lowest BCUT2D eigenvalue weighted by Crippen LogP contribution is -2.70. The molecular formula is C31H37NO18S. The fraction of sp³-hybridized carbons (Fsp3) is 0.548. The standard InChI is InChI=1S/C31H37NO18S/c1-7-12-42-31-27(47-18(6)36)26(23(14(2)44-31)45-16(4)34)49-30-22(32-28(37)19-10-8-9-11-20(19)29(32)38)25(50-51(39,40)41)24(46-17(5)35)21(48-30)13-43-15(3)33/h7-11,14,21-27,30-31H,1,12-13H2,2-6H3,(H,39,40,41)/t14-,21+,22+,23+,24+,25+,26+,27-,30-,31-/m0/s1. The highest BCUT2D eigenvalue weighted by Gasteiger charge is 2.60. The van der Waals surface area contributed by atoms with Crippen molar-refractivity contribution >= 4 is 46.1 Å². The monoisotopic (exact) mass is 743 g/mol. The summed E-state index contributed by atoms with van der Waals surface area (Å²) < 4.78 is 85.1. The predicted molar refractivity (Wildman–Crippen MR) is 164 cm³/mol. The summed E-state index contributed by atoms with van der Waals surface area (Å²) in [6.45, 7) is 8.25. The molecule has 3 aliphatic heterocycles. The Morgan fingerprint density at radius 2 is 1.37 bits per heavy atom. The van der Waals surface area contributed by atoms with Crippen LogP contribution in [-0.2, 0) is 71.7 Å². The second-order valence-corrected chi connectivity index (χ2v) is 12.6. The minimum absolute atomic E-state index is 0.119. The first-order valence-electron chi connectivity index (χ1n) is 15.4. The Hall–Kier alpha value is -4.31. The molecule has 2 saturated heterocycles. The van der Waals surface area contributed by atoms with Gasteiger partial charge in [0.2, 0.25) is 0 Å². The van der Waals surface area contributed by atoms with E-state index in [0.29, 0.717) is 4.90 Å². The van der Waals surface area contributed by atoms with E-state index in [9.17, 15) is 41.7 Å². The fourth-order valence-electron chi connectivity index (χ4n) is 5.92. The summed E-state index contributed by atoms with van der Waals surface area (Å²) in [5.41, 5.74) is -0.239. The van der Waals surface area contributed by atoms with Crippen LogP contribution in [0.4, 0.5) is 0 Å². The minimum atomic E-state index is -5.50. The van der Waals surface area contributed by atoms with Gasteiger partial charge >= 0.3 is 34.3 Å². The molecule has 2 amide bonds. The Labute approximate surface area is 291 Å². The molecule has 0 aromatic heterocycles. The molecule has 0 bridgehead atoms. The third-order valence-electron chi connectivity index (χ3n) is 7.72. The van der Waals surface area contributed by atoms with E-state index < -0.39 is 114 Å². The molecule has 0 aliphatic carbocycles. The molecule has 0 spiro atoms. The lowest BCUT2D eigenvalue weighted by Gasteiger charge is -2.50. The smallest absolute Gasteiger partial charge is 0.397 e. The van der Waals surface area contributed by atoms with Gasteiger partial charge in [0.1, 0.15) is 31.0 Å². The summed E-state index contributed by atoms with van der Waals surface area (Å²) in [5.74, 6) is -5.60. The highest BCUT2D eigenvalue weighted by Crippen LogP contribution is 2.39. The largest absolute Gasteiger partial charge is 0.463 e. The van der Waals surface area contributed by atoms with Crippen molar-refractivity contribution in [3.05, 3.63) is 48.0 Å². The van der Waals surface area contributed by atoms with Gasteiger partial charge in [-0.05, 0) is 19.1 Å². The minimum Gasteiger partial charge on any atom is -0.463 e. The topological polar surface area (TPSA) is 243 Å². The number of imide groups is 1. The highest BCUT2D eigenvalue weighted by atomic mass is 32.3. The number of carbonyl (C=O) groups is 6. The van der Waals surface area contributed by atoms with Crippen LogP contribution in [0.2, 0.25) is 0 Å². The van der Waals surface area contributed by atoms with E-state index in [4.69, 9.17) is 42.1 Å². The molecule has 1 aromatic rings. The first-order chi connectivity index (χ1) is 23.9. The Bertz CT molecular complexity index is 1610. The molecule has 1 aromatic carbocycles. The van der Waals surface area contributed by atoms with Crippen LogP contribution in [0.5, 0.6) is 0 Å². The molecule has 1 N–H and O–H groups in total. The maximum Gasteiger partial charge on any atom is 0.397 e. The molecule has 51 heavy (non-hydrogen) atoms. The van der Waals surface area contributed by atoms with E-state index in [1.54, 1.807) is 0 Å². The van der Waals surface area contributed by atoms with E-state index in [-0.39, 0.29) is 17.7 Å². The highest BCUT2D eigenvalue weighted by molar-refractivity contribution is 7.80. The zero-order valence-corrected chi connectivity index (χ0v) is 28.8. The maximum atomic E-state index is 13.9. The summed E-state index contributed by atoms with van der Waals surface area (Å²) in [6, 6.07) is 3.51. The molecule has 10 atom stereocenters. The summed E-state index contributed by atoms with van der Waals surface area (Å²) in [7, 11) is -5.50. The van der Waals surface area contributed by atoms with Gasteiger partial charge in [0.25, 0.3) is 11.8 Å². The van der Waals surface area contributed by atoms with Crippen LogP contribution in [-0.4, -0.2) is 128 Å². The van der Waals surface area contributed by atoms with Crippen LogP contribution in [0, 0.1) is 0 Å². The molecule has 2 fully saturated rings. The maximum absolute atomic E-state index is 13.9. The molecule has 19 nitrogen and oxygen atoms in total. The quantitative estimate of drug-likeness (QED) is 0.0936. The lowest BCUT2D eigenvalue weighted by atomic mass is 9.94. The molecule has 20 heteroatoms. The molecule has 0 saturated carbocycles. The van der Waals surface area contributed by atoms with Gasteiger partial charge in [-0.3, -0.25) is 38.2 Å². The molecule has 3 aliphatic rings. The summed E-state index contributed by atoms with van der Waals surface area (Å²) in [4.78, 5) is 77.1. The number of ether oxygens (including phenoxy) is 8. The molecule has 0 radical (unpaired) electrons. The van der Waals surface area contributed by atoms with Gasteiger partial charge in [0.05, 0.1) is 23.8 Å². The van der Waals surface area contributed by atoms with E-state index in [0.717, 1.165) is 27.7 Å². The Morgan fingerprint density at radius 3 is 1.88 bits per heavy atom. The number of esters is 4. The van der Waals surface area contributed by atoms with Crippen molar-refractivity contribution in [3.63, 3.8) is 0 Å². The molecule has 4 rings (SSSR count). The van der Waals surface area contributed by atoms with Gasteiger partial charge in [-0.15, -0.1) is 6.58 Å². The Balaban J connectivity index is 1.94. The van der Waals surface area contributed by atoms with Crippen molar-refractivity contribution in [3.8, 4) is 0 Å². The van der Waals surface area contributed by atoms with Gasteiger partial charge in [-0.2, -0.15) is 8.42 Å². The number of nitrogens with zero attached hydrogens (tertiary/aromatic N) is 1. The lowest BCUT2D eigenvalue weighted by molar-refractivity contribution is -0.347.